The van der Waals surface area contributed by atoms with E-state index >= 15 is 0 Å². The molecule has 5 heteroatoms. The lowest BCUT2D eigenvalue weighted by molar-refractivity contribution is 0.178. The second-order valence-electron chi connectivity index (χ2n) is 7.19. The number of fused-ring (bicyclic) bond motifs is 1. The van der Waals surface area contributed by atoms with Crippen LogP contribution in [0.3, 0.4) is 0 Å². The molecular formula is C24H32N4O. The van der Waals surface area contributed by atoms with Gasteiger partial charge in [0.25, 0.3) is 0 Å². The van der Waals surface area contributed by atoms with Crippen LogP contribution in [0.4, 0.5) is 5.82 Å². The van der Waals surface area contributed by atoms with Crippen molar-refractivity contribution >= 4 is 29.0 Å². The van der Waals surface area contributed by atoms with Gasteiger partial charge in [-0.05, 0) is 68.2 Å². The van der Waals surface area contributed by atoms with Crippen molar-refractivity contribution in [2.24, 2.45) is 5.92 Å². The summed E-state index contributed by atoms with van der Waals surface area (Å²) in [5, 5.41) is 1.18. The second kappa shape index (κ2) is 11.8. The summed E-state index contributed by atoms with van der Waals surface area (Å²) in [6, 6.07) is 9.77. The third-order valence-corrected chi connectivity index (χ3v) is 4.16. The van der Waals surface area contributed by atoms with Crippen molar-refractivity contribution in [2.45, 2.75) is 34.1 Å². The molecule has 29 heavy (non-hydrogen) atoms. The first-order valence-electron chi connectivity index (χ1n) is 10.1. The van der Waals surface area contributed by atoms with E-state index in [1.54, 1.807) is 6.07 Å². The molecule has 0 unspecified atom stereocenters. The lowest BCUT2D eigenvalue weighted by Crippen LogP contribution is -1.90. The first kappa shape index (κ1) is 22.4. The number of hydrogen-bond acceptors (Lipinski definition) is 4. The SMILES string of the molecule is CC(C)C/C=C\c1cccc(N)n1.CCOC/C=C/c1ccc2c(C)c[nH]c2n1. The average molecular weight is 393 g/mol. The third kappa shape index (κ3) is 7.92. The average Bonchev–Trinajstić information content (AvgIpc) is 3.06. The number of nitrogens with one attached hydrogen (secondary N) is 1. The van der Waals surface area contributed by atoms with Gasteiger partial charge in [-0.3, -0.25) is 0 Å². The van der Waals surface area contributed by atoms with E-state index in [1.165, 1.54) is 10.9 Å². The summed E-state index contributed by atoms with van der Waals surface area (Å²) in [5.74, 6) is 1.27. The fourth-order valence-electron chi connectivity index (χ4n) is 2.63. The number of allylic oxidation sites excluding steroid dienone is 1. The molecule has 0 aliphatic carbocycles. The van der Waals surface area contributed by atoms with Crippen LogP contribution in [0.2, 0.25) is 0 Å². The van der Waals surface area contributed by atoms with E-state index in [0.717, 1.165) is 30.1 Å². The minimum Gasteiger partial charge on any atom is -0.384 e. The zero-order chi connectivity index (χ0) is 21.1. The number of nitrogens with two attached hydrogens (primary N) is 1. The smallest absolute Gasteiger partial charge is 0.138 e. The Morgan fingerprint density at radius 1 is 1.07 bits per heavy atom. The highest BCUT2D eigenvalue weighted by molar-refractivity contribution is 5.80. The Bertz CT molecular complexity index is 941. The minimum absolute atomic E-state index is 0.576. The Balaban J connectivity index is 0.000000212. The second-order valence-corrected chi connectivity index (χ2v) is 7.19. The van der Waals surface area contributed by atoms with Crippen molar-refractivity contribution in [1.82, 2.24) is 15.0 Å². The van der Waals surface area contributed by atoms with Gasteiger partial charge >= 0.3 is 0 Å². The van der Waals surface area contributed by atoms with Crippen molar-refractivity contribution in [3.05, 3.63) is 65.6 Å². The Hall–Kier alpha value is -2.92. The summed E-state index contributed by atoms with van der Waals surface area (Å²) in [6.07, 6.45) is 11.2. The van der Waals surface area contributed by atoms with Crippen LogP contribution >= 0.6 is 0 Å². The molecule has 0 aromatic carbocycles. The van der Waals surface area contributed by atoms with Crippen LogP contribution in [-0.4, -0.2) is 28.2 Å². The molecule has 3 rings (SSSR count). The summed E-state index contributed by atoms with van der Waals surface area (Å²) < 4.78 is 5.22. The van der Waals surface area contributed by atoms with E-state index < -0.39 is 0 Å². The number of aryl methyl sites for hydroxylation is 1. The number of rotatable bonds is 7. The molecule has 154 valence electrons. The fourth-order valence-corrected chi connectivity index (χ4v) is 2.63. The van der Waals surface area contributed by atoms with E-state index in [4.69, 9.17) is 10.5 Å². The van der Waals surface area contributed by atoms with Gasteiger partial charge in [-0.1, -0.05) is 32.1 Å². The van der Waals surface area contributed by atoms with Crippen molar-refractivity contribution < 1.29 is 4.74 Å². The number of H-pyrrole nitrogens is 1. The molecule has 5 nitrogen and oxygen atoms in total. The normalized spacial score (nSPS) is 11.5. The number of aromatic nitrogens is 3. The quantitative estimate of drug-likeness (QED) is 0.510. The highest BCUT2D eigenvalue weighted by Crippen LogP contribution is 2.16. The number of hydrogen-bond donors (Lipinski definition) is 2. The molecule has 0 aliphatic heterocycles. The van der Waals surface area contributed by atoms with Crippen molar-refractivity contribution in [1.29, 1.82) is 0 Å². The Labute approximate surface area is 173 Å². The maximum absolute atomic E-state index is 5.55. The van der Waals surface area contributed by atoms with Gasteiger partial charge in [0.05, 0.1) is 18.0 Å². The summed E-state index contributed by atoms with van der Waals surface area (Å²) in [5.41, 5.74) is 9.60. The van der Waals surface area contributed by atoms with E-state index in [-0.39, 0.29) is 0 Å². The number of nitrogens with zero attached hydrogens (tertiary/aromatic N) is 2. The monoisotopic (exact) mass is 392 g/mol. The van der Waals surface area contributed by atoms with Gasteiger partial charge in [0, 0.05) is 18.2 Å². The number of pyridine rings is 2. The van der Waals surface area contributed by atoms with Crippen LogP contribution < -0.4 is 5.73 Å². The molecule has 0 amide bonds. The Kier molecular flexibility index (Phi) is 9.12. The van der Waals surface area contributed by atoms with E-state index in [0.29, 0.717) is 18.3 Å². The van der Waals surface area contributed by atoms with Crippen molar-refractivity contribution in [3.63, 3.8) is 0 Å². The lowest BCUT2D eigenvalue weighted by atomic mass is 10.1. The van der Waals surface area contributed by atoms with E-state index in [9.17, 15) is 0 Å². The Morgan fingerprint density at radius 2 is 1.83 bits per heavy atom. The predicted molar refractivity (Wildman–Crippen MR) is 123 cm³/mol. The van der Waals surface area contributed by atoms with Crippen LogP contribution in [-0.2, 0) is 4.74 Å². The van der Waals surface area contributed by atoms with E-state index in [2.05, 4.69) is 47.9 Å². The molecule has 3 aromatic heterocycles. The van der Waals surface area contributed by atoms with Gasteiger partial charge in [0.1, 0.15) is 11.5 Å². The molecule has 0 saturated carbocycles. The molecule has 0 bridgehead atoms. The first-order valence-corrected chi connectivity index (χ1v) is 10.1. The maximum Gasteiger partial charge on any atom is 0.138 e. The molecule has 0 radical (unpaired) electrons. The molecule has 0 aliphatic rings. The van der Waals surface area contributed by atoms with Gasteiger partial charge in [-0.15, -0.1) is 0 Å². The Morgan fingerprint density at radius 3 is 2.55 bits per heavy atom. The zero-order valence-corrected chi connectivity index (χ0v) is 17.9. The van der Waals surface area contributed by atoms with Crippen LogP contribution in [0.1, 0.15) is 44.1 Å². The molecular weight excluding hydrogens is 360 g/mol. The summed E-state index contributed by atoms with van der Waals surface area (Å²) in [6.45, 7) is 9.83. The molecule has 0 fully saturated rings. The van der Waals surface area contributed by atoms with Crippen LogP contribution in [0.15, 0.2) is 48.7 Å². The number of ether oxygens (including phenoxy) is 1. The molecule has 0 spiro atoms. The van der Waals surface area contributed by atoms with Gasteiger partial charge in [0.2, 0.25) is 0 Å². The predicted octanol–water partition coefficient (Wildman–Crippen LogP) is 5.64. The van der Waals surface area contributed by atoms with Gasteiger partial charge in [0.15, 0.2) is 0 Å². The topological polar surface area (TPSA) is 76.8 Å². The standard InChI is InChI=1S/C13H16N2O.C11H16N2/c1-3-16-8-4-5-11-6-7-12-10(2)9-14-13(12)15-11;1-9(2)5-3-6-10-7-4-8-11(12)13-10/h4-7,9H,3,8H2,1-2H3,(H,14,15);3-4,6-9H,5H2,1-2H3,(H2,12,13)/b5-4+;6-3-. The number of anilines is 1. The number of nitrogen functional groups attached to an aromatic ring is 1. The molecule has 0 atom stereocenters. The van der Waals surface area contributed by atoms with Crippen molar-refractivity contribution in [2.75, 3.05) is 18.9 Å². The molecule has 3 N–H and O–H groups in total. The highest BCUT2D eigenvalue weighted by atomic mass is 16.5. The molecule has 0 saturated heterocycles. The van der Waals surface area contributed by atoms with Crippen molar-refractivity contribution in [3.8, 4) is 0 Å². The molecule has 3 heterocycles. The van der Waals surface area contributed by atoms with Gasteiger partial charge in [-0.2, -0.15) is 0 Å². The lowest BCUT2D eigenvalue weighted by Gasteiger charge is -1.97. The highest BCUT2D eigenvalue weighted by Gasteiger charge is 2.00. The number of aromatic amines is 1. The van der Waals surface area contributed by atoms with Gasteiger partial charge < -0.3 is 15.5 Å². The first-order chi connectivity index (χ1) is 14.0. The minimum atomic E-state index is 0.576. The fraction of sp³-hybridized carbons (Fsp3) is 0.333. The maximum atomic E-state index is 5.55. The molecule has 3 aromatic rings. The van der Waals surface area contributed by atoms with Crippen LogP contribution in [0.25, 0.3) is 23.2 Å². The van der Waals surface area contributed by atoms with E-state index in [1.807, 2.05) is 49.5 Å². The summed E-state index contributed by atoms with van der Waals surface area (Å²) in [7, 11) is 0. The third-order valence-electron chi connectivity index (χ3n) is 4.16. The van der Waals surface area contributed by atoms with Crippen LogP contribution in [0, 0.1) is 12.8 Å². The van der Waals surface area contributed by atoms with Crippen LogP contribution in [0.5, 0.6) is 0 Å². The summed E-state index contributed by atoms with van der Waals surface area (Å²) >= 11 is 0. The van der Waals surface area contributed by atoms with Gasteiger partial charge in [-0.25, -0.2) is 9.97 Å². The zero-order valence-electron chi connectivity index (χ0n) is 17.9. The largest absolute Gasteiger partial charge is 0.384 e. The summed E-state index contributed by atoms with van der Waals surface area (Å²) in [4.78, 5) is 11.8.